The first kappa shape index (κ1) is 15.0. The highest BCUT2D eigenvalue weighted by molar-refractivity contribution is 4.74. The second kappa shape index (κ2) is 5.34. The van der Waals surface area contributed by atoms with E-state index >= 15 is 0 Å². The van der Waals surface area contributed by atoms with Gasteiger partial charge in [-0.05, 0) is 37.5 Å². The standard InChI is InChI=1S/C14H30O/c1-11(2)9-14(7,8)15-10-12(3)13(4,5)6/h11-12H,9-10H2,1-8H3. The SMILES string of the molecule is CC(C)CC(C)(C)OCC(C)C(C)(C)C. The minimum absolute atomic E-state index is 0.0215. The van der Waals surface area contributed by atoms with Crippen LogP contribution in [-0.4, -0.2) is 12.2 Å². The first-order valence-electron chi connectivity index (χ1n) is 6.18. The van der Waals surface area contributed by atoms with E-state index in [0.29, 0.717) is 17.3 Å². The van der Waals surface area contributed by atoms with Gasteiger partial charge in [0.25, 0.3) is 0 Å². The quantitative estimate of drug-likeness (QED) is 0.654. The number of ether oxygens (including phenoxy) is 1. The molecule has 0 aromatic heterocycles. The molecular formula is C14H30O. The normalized spacial score (nSPS) is 15.8. The lowest BCUT2D eigenvalue weighted by Gasteiger charge is -2.33. The molecule has 0 heterocycles. The van der Waals surface area contributed by atoms with Crippen LogP contribution in [0.5, 0.6) is 0 Å². The van der Waals surface area contributed by atoms with Gasteiger partial charge in [0, 0.05) is 0 Å². The molecule has 0 saturated carbocycles. The van der Waals surface area contributed by atoms with Crippen molar-refractivity contribution in [3.05, 3.63) is 0 Å². The fourth-order valence-corrected chi connectivity index (χ4v) is 1.64. The Balaban J connectivity index is 4.04. The van der Waals surface area contributed by atoms with Crippen molar-refractivity contribution in [1.29, 1.82) is 0 Å². The van der Waals surface area contributed by atoms with Gasteiger partial charge in [0.15, 0.2) is 0 Å². The molecular weight excluding hydrogens is 184 g/mol. The van der Waals surface area contributed by atoms with Crippen molar-refractivity contribution in [2.24, 2.45) is 17.3 Å². The molecule has 0 saturated heterocycles. The van der Waals surface area contributed by atoms with E-state index in [4.69, 9.17) is 4.74 Å². The van der Waals surface area contributed by atoms with E-state index in [9.17, 15) is 0 Å². The fourth-order valence-electron chi connectivity index (χ4n) is 1.64. The van der Waals surface area contributed by atoms with Gasteiger partial charge in [-0.15, -0.1) is 0 Å². The Morgan fingerprint density at radius 2 is 1.40 bits per heavy atom. The van der Waals surface area contributed by atoms with Crippen LogP contribution in [-0.2, 0) is 4.74 Å². The van der Waals surface area contributed by atoms with Crippen molar-refractivity contribution >= 4 is 0 Å². The minimum atomic E-state index is 0.0215. The molecule has 0 fully saturated rings. The van der Waals surface area contributed by atoms with Gasteiger partial charge in [0.05, 0.1) is 12.2 Å². The second-order valence-corrected chi connectivity index (χ2v) is 6.94. The van der Waals surface area contributed by atoms with E-state index in [1.54, 1.807) is 0 Å². The summed E-state index contributed by atoms with van der Waals surface area (Å²) < 4.78 is 6.03. The highest BCUT2D eigenvalue weighted by Crippen LogP contribution is 2.28. The van der Waals surface area contributed by atoms with Gasteiger partial charge in [0.2, 0.25) is 0 Å². The van der Waals surface area contributed by atoms with Crippen LogP contribution in [0.3, 0.4) is 0 Å². The largest absolute Gasteiger partial charge is 0.375 e. The summed E-state index contributed by atoms with van der Waals surface area (Å²) in [6, 6.07) is 0. The molecule has 15 heavy (non-hydrogen) atoms. The highest BCUT2D eigenvalue weighted by atomic mass is 16.5. The summed E-state index contributed by atoms with van der Waals surface area (Å²) in [7, 11) is 0. The maximum Gasteiger partial charge on any atom is 0.0629 e. The summed E-state index contributed by atoms with van der Waals surface area (Å²) in [5.41, 5.74) is 0.363. The monoisotopic (exact) mass is 214 g/mol. The molecule has 0 rings (SSSR count). The average molecular weight is 214 g/mol. The van der Waals surface area contributed by atoms with Crippen molar-refractivity contribution in [3.8, 4) is 0 Å². The molecule has 0 amide bonds. The molecule has 1 heteroatoms. The highest BCUT2D eigenvalue weighted by Gasteiger charge is 2.25. The maximum atomic E-state index is 6.03. The van der Waals surface area contributed by atoms with Crippen LogP contribution in [0.25, 0.3) is 0 Å². The molecule has 1 nitrogen and oxygen atoms in total. The molecule has 1 atom stereocenters. The zero-order chi connectivity index (χ0) is 12.3. The molecule has 0 aromatic rings. The molecule has 0 N–H and O–H groups in total. The second-order valence-electron chi connectivity index (χ2n) is 6.94. The Morgan fingerprint density at radius 3 is 1.73 bits per heavy atom. The van der Waals surface area contributed by atoms with E-state index < -0.39 is 0 Å². The third kappa shape index (κ3) is 6.94. The average Bonchev–Trinajstić information content (AvgIpc) is 1.95. The van der Waals surface area contributed by atoms with Crippen molar-refractivity contribution < 1.29 is 4.74 Å². The van der Waals surface area contributed by atoms with Gasteiger partial charge in [0.1, 0.15) is 0 Å². The van der Waals surface area contributed by atoms with E-state index in [1.165, 1.54) is 0 Å². The maximum absolute atomic E-state index is 6.03. The predicted octanol–water partition coefficient (Wildman–Crippen LogP) is 4.51. The molecule has 92 valence electrons. The smallest absolute Gasteiger partial charge is 0.0629 e. The first-order valence-corrected chi connectivity index (χ1v) is 6.18. The molecule has 0 aliphatic rings. The summed E-state index contributed by atoms with van der Waals surface area (Å²) >= 11 is 0. The summed E-state index contributed by atoms with van der Waals surface area (Å²) in [4.78, 5) is 0. The Morgan fingerprint density at radius 1 is 0.933 bits per heavy atom. The van der Waals surface area contributed by atoms with Crippen LogP contribution >= 0.6 is 0 Å². The molecule has 0 aromatic carbocycles. The molecule has 0 bridgehead atoms. The lowest BCUT2D eigenvalue weighted by molar-refractivity contribution is -0.0596. The van der Waals surface area contributed by atoms with Crippen LogP contribution in [0, 0.1) is 17.3 Å². The Bertz CT molecular complexity index is 174. The van der Waals surface area contributed by atoms with Gasteiger partial charge in [-0.25, -0.2) is 0 Å². The lowest BCUT2D eigenvalue weighted by atomic mass is 9.82. The lowest BCUT2D eigenvalue weighted by Crippen LogP contribution is -2.31. The molecule has 1 unspecified atom stereocenters. The number of hydrogen-bond acceptors (Lipinski definition) is 1. The number of hydrogen-bond donors (Lipinski definition) is 0. The Kier molecular flexibility index (Phi) is 5.32. The fraction of sp³-hybridized carbons (Fsp3) is 1.00. The van der Waals surface area contributed by atoms with Crippen molar-refractivity contribution in [3.63, 3.8) is 0 Å². The Hall–Kier alpha value is -0.0400. The minimum Gasteiger partial charge on any atom is -0.375 e. The molecule has 0 spiro atoms. The predicted molar refractivity (Wildman–Crippen MR) is 68.1 cm³/mol. The van der Waals surface area contributed by atoms with Gasteiger partial charge < -0.3 is 4.74 Å². The van der Waals surface area contributed by atoms with Crippen molar-refractivity contribution in [2.45, 2.75) is 67.4 Å². The van der Waals surface area contributed by atoms with Crippen LogP contribution in [0.15, 0.2) is 0 Å². The van der Waals surface area contributed by atoms with E-state index in [0.717, 1.165) is 13.0 Å². The van der Waals surface area contributed by atoms with Crippen LogP contribution in [0.1, 0.15) is 61.8 Å². The number of rotatable bonds is 5. The van der Waals surface area contributed by atoms with Crippen molar-refractivity contribution in [2.75, 3.05) is 6.61 Å². The zero-order valence-corrected chi connectivity index (χ0v) is 12.0. The van der Waals surface area contributed by atoms with Gasteiger partial charge in [-0.1, -0.05) is 41.5 Å². The topological polar surface area (TPSA) is 9.23 Å². The third-order valence-electron chi connectivity index (χ3n) is 3.10. The van der Waals surface area contributed by atoms with Gasteiger partial charge in [-0.2, -0.15) is 0 Å². The Labute approximate surface area is 96.6 Å². The van der Waals surface area contributed by atoms with Crippen LogP contribution in [0.4, 0.5) is 0 Å². The van der Waals surface area contributed by atoms with E-state index in [2.05, 4.69) is 55.4 Å². The van der Waals surface area contributed by atoms with Gasteiger partial charge in [-0.3, -0.25) is 0 Å². The molecule has 0 aliphatic carbocycles. The summed E-state index contributed by atoms with van der Waals surface area (Å²) in [6.07, 6.45) is 1.13. The summed E-state index contributed by atoms with van der Waals surface area (Å²) in [5, 5.41) is 0. The van der Waals surface area contributed by atoms with Crippen molar-refractivity contribution in [1.82, 2.24) is 0 Å². The molecule has 0 aliphatic heterocycles. The van der Waals surface area contributed by atoms with Crippen LogP contribution < -0.4 is 0 Å². The summed E-state index contributed by atoms with van der Waals surface area (Å²) in [5.74, 6) is 1.30. The van der Waals surface area contributed by atoms with Gasteiger partial charge >= 0.3 is 0 Å². The zero-order valence-electron chi connectivity index (χ0n) is 12.0. The van der Waals surface area contributed by atoms with E-state index in [-0.39, 0.29) is 5.60 Å². The third-order valence-corrected chi connectivity index (χ3v) is 3.10. The molecule has 0 radical (unpaired) electrons. The first-order chi connectivity index (χ1) is 6.54. The van der Waals surface area contributed by atoms with E-state index in [1.807, 2.05) is 0 Å². The summed E-state index contributed by atoms with van der Waals surface area (Å²) in [6.45, 7) is 18.8. The van der Waals surface area contributed by atoms with Crippen LogP contribution in [0.2, 0.25) is 0 Å².